The molecule has 0 spiro atoms. The van der Waals surface area contributed by atoms with Crippen LogP contribution in [0.3, 0.4) is 0 Å². The zero-order valence-electron chi connectivity index (χ0n) is 16.9. The first-order chi connectivity index (χ1) is 15.1. The van der Waals surface area contributed by atoms with Crippen molar-refractivity contribution in [3.63, 3.8) is 0 Å². The highest BCUT2D eigenvalue weighted by Crippen LogP contribution is 2.46. The third-order valence-electron chi connectivity index (χ3n) is 6.18. The molecule has 3 heterocycles. The molecule has 0 bridgehead atoms. The van der Waals surface area contributed by atoms with Crippen molar-refractivity contribution in [1.29, 1.82) is 0 Å². The van der Waals surface area contributed by atoms with Crippen molar-refractivity contribution >= 4 is 34.7 Å². The van der Waals surface area contributed by atoms with Crippen LogP contribution in [0.2, 0.25) is 0 Å². The standard InChI is InChI=1S/C26H20ClN4/c1-17-13-21(14-17)25-24-16-28-11-12-31(24,27)26(30-25)20-8-7-19-9-10-22(29-23(19)15-20)18-5-3-2-4-6-18/h2-12,15-16,21H,1,13-14H2/q+1. The lowest BCUT2D eigenvalue weighted by Crippen LogP contribution is -2.38. The second-order valence-electron chi connectivity index (χ2n) is 8.24. The third kappa shape index (κ3) is 2.91. The van der Waals surface area contributed by atoms with E-state index >= 15 is 0 Å². The molecule has 3 aromatic rings. The predicted molar refractivity (Wildman–Crippen MR) is 126 cm³/mol. The summed E-state index contributed by atoms with van der Waals surface area (Å²) in [6.45, 7) is 4.08. The fourth-order valence-electron chi connectivity index (χ4n) is 4.48. The van der Waals surface area contributed by atoms with Crippen LogP contribution < -0.4 is 0 Å². The highest BCUT2D eigenvalue weighted by Gasteiger charge is 2.48. The number of allylic oxidation sites excluding steroid dienone is 3. The minimum Gasteiger partial charge on any atom is -0.253 e. The Morgan fingerprint density at radius 1 is 0.968 bits per heavy atom. The molecule has 5 heteroatoms. The first-order valence-corrected chi connectivity index (χ1v) is 10.7. The number of aromatic nitrogens is 1. The second-order valence-corrected chi connectivity index (χ2v) is 8.78. The van der Waals surface area contributed by atoms with Gasteiger partial charge in [0, 0.05) is 16.9 Å². The van der Waals surface area contributed by atoms with E-state index in [1.165, 1.54) is 5.57 Å². The van der Waals surface area contributed by atoms with Crippen molar-refractivity contribution in [2.24, 2.45) is 15.9 Å². The van der Waals surface area contributed by atoms with Gasteiger partial charge in [-0.25, -0.2) is 4.98 Å². The molecule has 1 aliphatic carbocycles. The van der Waals surface area contributed by atoms with Crippen LogP contribution in [0.25, 0.3) is 22.2 Å². The fourth-order valence-corrected chi connectivity index (χ4v) is 4.80. The molecule has 2 aromatic carbocycles. The van der Waals surface area contributed by atoms with Gasteiger partial charge in [-0.2, -0.15) is 4.99 Å². The van der Waals surface area contributed by atoms with Crippen molar-refractivity contribution in [3.05, 3.63) is 102 Å². The number of quaternary nitrogens is 1. The van der Waals surface area contributed by atoms with Gasteiger partial charge in [0.1, 0.15) is 11.9 Å². The van der Waals surface area contributed by atoms with Gasteiger partial charge in [0.05, 0.1) is 29.2 Å². The Balaban J connectivity index is 1.45. The topological polar surface area (TPSA) is 37.6 Å². The van der Waals surface area contributed by atoms with E-state index in [1.54, 1.807) is 6.20 Å². The average molecular weight is 424 g/mol. The van der Waals surface area contributed by atoms with E-state index < -0.39 is 0 Å². The van der Waals surface area contributed by atoms with Gasteiger partial charge in [-0.1, -0.05) is 54.6 Å². The van der Waals surface area contributed by atoms with Crippen molar-refractivity contribution in [2.75, 3.05) is 0 Å². The summed E-state index contributed by atoms with van der Waals surface area (Å²) >= 11 is 7.14. The van der Waals surface area contributed by atoms with Gasteiger partial charge in [0.2, 0.25) is 5.70 Å². The number of pyridine rings is 1. The van der Waals surface area contributed by atoms with Crippen molar-refractivity contribution in [2.45, 2.75) is 12.8 Å². The number of amidine groups is 1. The molecule has 150 valence electrons. The maximum Gasteiger partial charge on any atom is 0.263 e. The first-order valence-electron chi connectivity index (χ1n) is 10.4. The molecule has 31 heavy (non-hydrogen) atoms. The lowest BCUT2D eigenvalue weighted by molar-refractivity contribution is -0.600. The maximum atomic E-state index is 7.14. The maximum absolute atomic E-state index is 7.14. The van der Waals surface area contributed by atoms with Crippen LogP contribution in [-0.4, -0.2) is 21.0 Å². The summed E-state index contributed by atoms with van der Waals surface area (Å²) in [5.74, 6) is 1.15. The highest BCUT2D eigenvalue weighted by atomic mass is 35.5. The molecule has 1 fully saturated rings. The van der Waals surface area contributed by atoms with Crippen LogP contribution >= 0.6 is 11.8 Å². The molecule has 1 unspecified atom stereocenters. The number of aliphatic imine (C=N–C) groups is 2. The Morgan fingerprint density at radius 3 is 2.58 bits per heavy atom. The first kappa shape index (κ1) is 18.4. The largest absolute Gasteiger partial charge is 0.263 e. The predicted octanol–water partition coefficient (Wildman–Crippen LogP) is 6.37. The SMILES string of the molecule is C=C1CC(C2=C3C=NC=C[N+]3(Cl)C(c3ccc4ccc(-c5ccccc5)nc4c3)=N2)C1. The van der Waals surface area contributed by atoms with Gasteiger partial charge in [-0.15, -0.1) is 4.00 Å². The summed E-state index contributed by atoms with van der Waals surface area (Å²) in [6.07, 6.45) is 7.38. The van der Waals surface area contributed by atoms with Gasteiger partial charge in [0.15, 0.2) is 11.8 Å². The van der Waals surface area contributed by atoms with E-state index in [2.05, 4.69) is 54.0 Å². The van der Waals surface area contributed by atoms with Gasteiger partial charge in [-0.3, -0.25) is 4.99 Å². The molecule has 4 nitrogen and oxygen atoms in total. The average Bonchev–Trinajstić information content (AvgIpc) is 3.09. The Bertz CT molecular complexity index is 1360. The van der Waals surface area contributed by atoms with E-state index in [0.29, 0.717) is 5.92 Å². The molecule has 0 saturated heterocycles. The number of hydrogen-bond acceptors (Lipinski definition) is 3. The Morgan fingerprint density at radius 2 is 1.77 bits per heavy atom. The van der Waals surface area contributed by atoms with Crippen LogP contribution in [0.1, 0.15) is 18.4 Å². The summed E-state index contributed by atoms with van der Waals surface area (Å²) < 4.78 is 0.0195. The summed E-state index contributed by atoms with van der Waals surface area (Å²) in [5.41, 5.74) is 7.16. The smallest absolute Gasteiger partial charge is 0.253 e. The molecule has 3 aliphatic rings. The molecule has 1 atom stereocenters. The monoisotopic (exact) mass is 423 g/mol. The summed E-state index contributed by atoms with van der Waals surface area (Å²) in [5, 5.41) is 1.09. The molecule has 1 aromatic heterocycles. The Kier molecular flexibility index (Phi) is 4.07. The zero-order chi connectivity index (χ0) is 21.0. The van der Waals surface area contributed by atoms with Crippen molar-refractivity contribution in [3.8, 4) is 11.3 Å². The molecule has 6 rings (SSSR count). The van der Waals surface area contributed by atoms with Crippen LogP contribution in [0.5, 0.6) is 0 Å². The molecule has 0 radical (unpaired) electrons. The molecule has 0 amide bonds. The quantitative estimate of drug-likeness (QED) is 0.356. The molecular weight excluding hydrogens is 404 g/mol. The minimum atomic E-state index is 0.0195. The number of hydrogen-bond donors (Lipinski definition) is 0. The highest BCUT2D eigenvalue weighted by molar-refractivity contribution is 6.20. The van der Waals surface area contributed by atoms with Gasteiger partial charge in [-0.05, 0) is 31.0 Å². The Hall–Kier alpha value is -3.34. The summed E-state index contributed by atoms with van der Waals surface area (Å²) in [4.78, 5) is 14.3. The van der Waals surface area contributed by atoms with E-state index in [1.807, 2.05) is 30.6 Å². The van der Waals surface area contributed by atoms with Crippen LogP contribution in [0.4, 0.5) is 0 Å². The molecule has 0 N–H and O–H groups in total. The normalized spacial score (nSPS) is 22.6. The van der Waals surface area contributed by atoms with E-state index in [-0.39, 0.29) is 4.00 Å². The summed E-state index contributed by atoms with van der Waals surface area (Å²) in [6, 6.07) is 20.6. The van der Waals surface area contributed by atoms with Crippen molar-refractivity contribution < 1.29 is 4.00 Å². The lowest BCUT2D eigenvalue weighted by atomic mass is 9.78. The van der Waals surface area contributed by atoms with Gasteiger partial charge < -0.3 is 0 Å². The van der Waals surface area contributed by atoms with Gasteiger partial charge in [0.25, 0.3) is 5.84 Å². The number of benzene rings is 2. The second kappa shape index (κ2) is 6.84. The van der Waals surface area contributed by atoms with Crippen LogP contribution in [0.15, 0.2) is 107 Å². The van der Waals surface area contributed by atoms with Crippen LogP contribution in [0, 0.1) is 5.92 Å². The third-order valence-corrected chi connectivity index (χ3v) is 6.63. The summed E-state index contributed by atoms with van der Waals surface area (Å²) in [7, 11) is 0. The number of rotatable bonds is 3. The van der Waals surface area contributed by atoms with E-state index in [0.717, 1.165) is 57.8 Å². The molecular formula is C26H20ClN4+. The van der Waals surface area contributed by atoms with E-state index in [4.69, 9.17) is 21.8 Å². The minimum absolute atomic E-state index is 0.0195. The van der Waals surface area contributed by atoms with Crippen LogP contribution in [-0.2, 0) is 0 Å². The molecule has 1 saturated carbocycles. The fraction of sp³-hybridized carbons (Fsp3) is 0.115. The number of nitrogens with zero attached hydrogens (tertiary/aromatic N) is 4. The zero-order valence-corrected chi connectivity index (χ0v) is 17.6. The number of halogens is 1. The molecule has 2 aliphatic heterocycles. The van der Waals surface area contributed by atoms with Crippen molar-refractivity contribution in [1.82, 2.24) is 4.98 Å². The number of fused-ring (bicyclic) bond motifs is 2. The Labute approximate surface area is 185 Å². The van der Waals surface area contributed by atoms with E-state index in [9.17, 15) is 0 Å². The van der Waals surface area contributed by atoms with Gasteiger partial charge >= 0.3 is 0 Å². The lowest BCUT2D eigenvalue weighted by Gasteiger charge is -2.28.